The van der Waals surface area contributed by atoms with E-state index in [2.05, 4.69) is 12.2 Å². The minimum absolute atomic E-state index is 0.207. The van der Waals surface area contributed by atoms with Crippen LogP contribution in [0.4, 0.5) is 0 Å². The molecule has 0 aliphatic carbocycles. The quantitative estimate of drug-likeness (QED) is 0.803. The molecule has 0 bridgehead atoms. The highest BCUT2D eigenvalue weighted by Gasteiger charge is 2.23. The number of methoxy groups -OCH3 is 1. The molecule has 0 fully saturated rings. The largest absolute Gasteiger partial charge is 0.507 e. The Labute approximate surface area is 114 Å². The van der Waals surface area contributed by atoms with E-state index in [1.54, 1.807) is 0 Å². The third kappa shape index (κ3) is 3.70. The summed E-state index contributed by atoms with van der Waals surface area (Å²) in [5, 5.41) is 13.1. The molecule has 106 valence electrons. The lowest BCUT2D eigenvalue weighted by Crippen LogP contribution is -2.35. The standard InChI is InChI=1S/C15H23NO3/c1-6-11(4)16-13(15(18)19-5)12-7-9(2)14(17)10(3)8-12/h7-8,11,13,16-17H,6H2,1-5H3. The number of phenols is 1. The van der Waals surface area contributed by atoms with Crippen LogP contribution in [0.15, 0.2) is 12.1 Å². The number of hydrogen-bond donors (Lipinski definition) is 2. The van der Waals surface area contributed by atoms with E-state index in [-0.39, 0.29) is 17.8 Å². The van der Waals surface area contributed by atoms with Crippen molar-refractivity contribution in [3.63, 3.8) is 0 Å². The smallest absolute Gasteiger partial charge is 0.327 e. The van der Waals surface area contributed by atoms with Crippen LogP contribution in [0, 0.1) is 13.8 Å². The Morgan fingerprint density at radius 1 is 1.37 bits per heavy atom. The summed E-state index contributed by atoms with van der Waals surface area (Å²) in [4.78, 5) is 11.9. The van der Waals surface area contributed by atoms with Crippen LogP contribution in [0.2, 0.25) is 0 Å². The van der Waals surface area contributed by atoms with E-state index >= 15 is 0 Å². The van der Waals surface area contributed by atoms with E-state index in [1.165, 1.54) is 7.11 Å². The molecule has 4 heteroatoms. The number of esters is 1. The minimum atomic E-state index is -0.502. The summed E-state index contributed by atoms with van der Waals surface area (Å²) >= 11 is 0. The van der Waals surface area contributed by atoms with E-state index in [1.807, 2.05) is 32.9 Å². The number of carbonyl (C=O) groups is 1. The molecular weight excluding hydrogens is 242 g/mol. The molecule has 4 nitrogen and oxygen atoms in total. The molecule has 0 heterocycles. The zero-order valence-corrected chi connectivity index (χ0v) is 12.3. The molecule has 1 rings (SSSR count). The normalized spacial score (nSPS) is 13.9. The maximum Gasteiger partial charge on any atom is 0.327 e. The molecule has 0 spiro atoms. The first-order valence-corrected chi connectivity index (χ1v) is 6.54. The van der Waals surface area contributed by atoms with Crippen molar-refractivity contribution in [1.29, 1.82) is 0 Å². The van der Waals surface area contributed by atoms with Gasteiger partial charge in [0.05, 0.1) is 7.11 Å². The van der Waals surface area contributed by atoms with E-state index < -0.39 is 6.04 Å². The molecule has 1 aromatic rings. The molecule has 0 saturated carbocycles. The minimum Gasteiger partial charge on any atom is -0.507 e. The molecule has 2 atom stereocenters. The van der Waals surface area contributed by atoms with Crippen molar-refractivity contribution in [3.8, 4) is 5.75 Å². The van der Waals surface area contributed by atoms with Crippen molar-refractivity contribution in [2.75, 3.05) is 7.11 Å². The van der Waals surface area contributed by atoms with Crippen LogP contribution >= 0.6 is 0 Å². The zero-order valence-electron chi connectivity index (χ0n) is 12.3. The number of rotatable bonds is 5. The fraction of sp³-hybridized carbons (Fsp3) is 0.533. The van der Waals surface area contributed by atoms with Crippen LogP contribution < -0.4 is 5.32 Å². The lowest BCUT2D eigenvalue weighted by atomic mass is 9.99. The average molecular weight is 265 g/mol. The predicted molar refractivity (Wildman–Crippen MR) is 75.2 cm³/mol. The van der Waals surface area contributed by atoms with Crippen LogP contribution in [-0.2, 0) is 9.53 Å². The second-order valence-electron chi connectivity index (χ2n) is 4.94. The lowest BCUT2D eigenvalue weighted by molar-refractivity contribution is -0.143. The molecule has 2 unspecified atom stereocenters. The number of ether oxygens (including phenoxy) is 1. The average Bonchev–Trinajstić information content (AvgIpc) is 2.40. The van der Waals surface area contributed by atoms with E-state index in [0.717, 1.165) is 23.1 Å². The second kappa shape index (κ2) is 6.57. The molecule has 1 aromatic carbocycles. The fourth-order valence-electron chi connectivity index (χ4n) is 1.98. The fourth-order valence-corrected chi connectivity index (χ4v) is 1.98. The topological polar surface area (TPSA) is 58.6 Å². The van der Waals surface area contributed by atoms with Crippen LogP contribution in [0.3, 0.4) is 0 Å². The maximum absolute atomic E-state index is 11.9. The molecule has 0 radical (unpaired) electrons. The Morgan fingerprint density at radius 2 is 1.89 bits per heavy atom. The molecule has 0 aliphatic rings. The number of aromatic hydroxyl groups is 1. The van der Waals surface area contributed by atoms with Gasteiger partial charge >= 0.3 is 5.97 Å². The van der Waals surface area contributed by atoms with Gasteiger partial charge in [-0.2, -0.15) is 0 Å². The summed E-state index contributed by atoms with van der Waals surface area (Å²) in [6.07, 6.45) is 0.920. The predicted octanol–water partition coefficient (Wildman–Crippen LogP) is 2.61. The Balaban J connectivity index is 3.14. The van der Waals surface area contributed by atoms with Gasteiger partial charge in [-0.3, -0.25) is 5.32 Å². The van der Waals surface area contributed by atoms with Crippen molar-refractivity contribution in [2.24, 2.45) is 0 Å². The van der Waals surface area contributed by atoms with Gasteiger partial charge in [-0.05, 0) is 43.9 Å². The summed E-state index contributed by atoms with van der Waals surface area (Å²) < 4.78 is 4.86. The third-order valence-corrected chi connectivity index (χ3v) is 3.35. The van der Waals surface area contributed by atoms with E-state index in [9.17, 15) is 9.90 Å². The highest BCUT2D eigenvalue weighted by molar-refractivity contribution is 5.78. The van der Waals surface area contributed by atoms with Gasteiger partial charge in [0.25, 0.3) is 0 Å². The van der Waals surface area contributed by atoms with Gasteiger partial charge in [-0.1, -0.05) is 19.1 Å². The zero-order chi connectivity index (χ0) is 14.6. The number of nitrogens with one attached hydrogen (secondary N) is 1. The summed E-state index contributed by atoms with van der Waals surface area (Å²) in [5.41, 5.74) is 2.34. The SMILES string of the molecule is CCC(C)NC(C(=O)OC)c1cc(C)c(O)c(C)c1. The first-order valence-electron chi connectivity index (χ1n) is 6.54. The molecule has 0 aromatic heterocycles. The number of hydrogen-bond acceptors (Lipinski definition) is 4. The summed E-state index contributed by atoms with van der Waals surface area (Å²) in [7, 11) is 1.38. The van der Waals surface area contributed by atoms with Gasteiger partial charge in [0.2, 0.25) is 0 Å². The molecule has 0 aliphatic heterocycles. The number of aryl methyl sites for hydroxylation is 2. The van der Waals surface area contributed by atoms with Gasteiger partial charge in [-0.25, -0.2) is 4.79 Å². The Hall–Kier alpha value is -1.55. The molecule has 2 N–H and O–H groups in total. The van der Waals surface area contributed by atoms with Crippen molar-refractivity contribution < 1.29 is 14.6 Å². The van der Waals surface area contributed by atoms with Crippen LogP contribution in [0.1, 0.15) is 43.0 Å². The Morgan fingerprint density at radius 3 is 2.32 bits per heavy atom. The van der Waals surface area contributed by atoms with Crippen LogP contribution in [-0.4, -0.2) is 24.2 Å². The van der Waals surface area contributed by atoms with Crippen molar-refractivity contribution in [1.82, 2.24) is 5.32 Å². The second-order valence-corrected chi connectivity index (χ2v) is 4.94. The highest BCUT2D eigenvalue weighted by atomic mass is 16.5. The lowest BCUT2D eigenvalue weighted by Gasteiger charge is -2.22. The molecular formula is C15H23NO3. The molecule has 0 amide bonds. The monoisotopic (exact) mass is 265 g/mol. The molecule has 0 saturated heterocycles. The number of carbonyl (C=O) groups excluding carboxylic acids is 1. The first kappa shape index (κ1) is 15.5. The Bertz CT molecular complexity index is 434. The number of benzene rings is 1. The molecule has 19 heavy (non-hydrogen) atoms. The third-order valence-electron chi connectivity index (χ3n) is 3.35. The van der Waals surface area contributed by atoms with Crippen molar-refractivity contribution in [3.05, 3.63) is 28.8 Å². The first-order chi connectivity index (χ1) is 8.90. The van der Waals surface area contributed by atoms with Gasteiger partial charge < -0.3 is 9.84 Å². The summed E-state index contributed by atoms with van der Waals surface area (Å²) in [5.74, 6) is -0.0410. The summed E-state index contributed by atoms with van der Waals surface area (Å²) in [6, 6.07) is 3.34. The van der Waals surface area contributed by atoms with E-state index in [0.29, 0.717) is 0 Å². The maximum atomic E-state index is 11.9. The number of phenolic OH excluding ortho intramolecular Hbond substituents is 1. The van der Waals surface area contributed by atoms with Gasteiger partial charge in [0, 0.05) is 6.04 Å². The Kier molecular flexibility index (Phi) is 5.36. The highest BCUT2D eigenvalue weighted by Crippen LogP contribution is 2.27. The summed E-state index contributed by atoms with van der Waals surface area (Å²) in [6.45, 7) is 7.72. The van der Waals surface area contributed by atoms with E-state index in [4.69, 9.17) is 4.74 Å². The van der Waals surface area contributed by atoms with Gasteiger partial charge in [0.1, 0.15) is 11.8 Å². The van der Waals surface area contributed by atoms with Gasteiger partial charge in [-0.15, -0.1) is 0 Å². The van der Waals surface area contributed by atoms with Crippen molar-refractivity contribution in [2.45, 2.75) is 46.2 Å². The van der Waals surface area contributed by atoms with Crippen LogP contribution in [0.25, 0.3) is 0 Å². The van der Waals surface area contributed by atoms with Crippen LogP contribution in [0.5, 0.6) is 5.75 Å². The van der Waals surface area contributed by atoms with Gasteiger partial charge in [0.15, 0.2) is 0 Å². The van der Waals surface area contributed by atoms with Crippen molar-refractivity contribution >= 4 is 5.97 Å².